The van der Waals surface area contributed by atoms with Gasteiger partial charge in [-0.1, -0.05) is 5.16 Å². The lowest BCUT2D eigenvalue weighted by atomic mass is 10.2. The highest BCUT2D eigenvalue weighted by atomic mass is 16.5. The number of piperazine rings is 1. The quantitative estimate of drug-likeness (QED) is 0.815. The van der Waals surface area contributed by atoms with E-state index in [-0.39, 0.29) is 5.56 Å². The van der Waals surface area contributed by atoms with Crippen molar-refractivity contribution in [2.45, 2.75) is 13.5 Å². The second kappa shape index (κ2) is 5.69. The smallest absolute Gasteiger partial charge is 0.266 e. The second-order valence-electron chi connectivity index (χ2n) is 5.35. The summed E-state index contributed by atoms with van der Waals surface area (Å²) in [7, 11) is 1.68. The first-order chi connectivity index (χ1) is 10.1. The molecule has 0 saturated carbocycles. The van der Waals surface area contributed by atoms with Gasteiger partial charge in [0.2, 0.25) is 0 Å². The number of hydrogen-bond acceptors (Lipinski definition) is 6. The third-order valence-corrected chi connectivity index (χ3v) is 3.71. The average Bonchev–Trinajstić information content (AvgIpc) is 2.88. The third-order valence-electron chi connectivity index (χ3n) is 3.71. The van der Waals surface area contributed by atoms with Crippen molar-refractivity contribution >= 4 is 5.82 Å². The maximum atomic E-state index is 11.4. The van der Waals surface area contributed by atoms with E-state index in [0.717, 1.165) is 50.0 Å². The lowest BCUT2D eigenvalue weighted by Crippen LogP contribution is -2.46. The van der Waals surface area contributed by atoms with Crippen LogP contribution in [-0.4, -0.2) is 46.0 Å². The molecule has 1 aliphatic rings. The van der Waals surface area contributed by atoms with Crippen molar-refractivity contribution in [3.05, 3.63) is 40.0 Å². The predicted octanol–water partition coefficient (Wildman–Crippen LogP) is 0.399. The lowest BCUT2D eigenvalue weighted by molar-refractivity contribution is 0.241. The van der Waals surface area contributed by atoms with E-state index in [1.165, 1.54) is 4.68 Å². The molecule has 7 heteroatoms. The molecule has 7 nitrogen and oxygen atoms in total. The molecule has 3 heterocycles. The fourth-order valence-electron chi connectivity index (χ4n) is 2.52. The van der Waals surface area contributed by atoms with E-state index in [0.29, 0.717) is 0 Å². The molecule has 1 fully saturated rings. The Kier molecular flexibility index (Phi) is 3.74. The molecule has 0 spiro atoms. The third kappa shape index (κ3) is 3.13. The van der Waals surface area contributed by atoms with E-state index in [9.17, 15) is 4.79 Å². The van der Waals surface area contributed by atoms with Gasteiger partial charge in [-0.25, -0.2) is 4.68 Å². The largest absolute Gasteiger partial charge is 0.361 e. The van der Waals surface area contributed by atoms with Crippen molar-refractivity contribution in [2.75, 3.05) is 31.1 Å². The molecule has 1 saturated heterocycles. The summed E-state index contributed by atoms with van der Waals surface area (Å²) in [6, 6.07) is 5.33. The minimum Gasteiger partial charge on any atom is -0.361 e. The number of nitrogens with zero attached hydrogens (tertiary/aromatic N) is 5. The van der Waals surface area contributed by atoms with Crippen LogP contribution in [0.1, 0.15) is 11.5 Å². The molecule has 0 aliphatic carbocycles. The van der Waals surface area contributed by atoms with Crippen LogP contribution in [0, 0.1) is 6.92 Å². The van der Waals surface area contributed by atoms with Gasteiger partial charge in [-0.2, -0.15) is 5.10 Å². The molecule has 2 aromatic heterocycles. The molecule has 0 atom stereocenters. The Hall–Kier alpha value is -2.15. The zero-order chi connectivity index (χ0) is 14.8. The Balaban J connectivity index is 1.59. The molecule has 0 aromatic carbocycles. The normalized spacial score (nSPS) is 16.4. The molecule has 0 unspecified atom stereocenters. The summed E-state index contributed by atoms with van der Waals surface area (Å²) in [4.78, 5) is 15.9. The van der Waals surface area contributed by atoms with Gasteiger partial charge in [-0.15, -0.1) is 0 Å². The van der Waals surface area contributed by atoms with Gasteiger partial charge in [-0.3, -0.25) is 9.69 Å². The molecule has 112 valence electrons. The van der Waals surface area contributed by atoms with Gasteiger partial charge in [0.15, 0.2) is 0 Å². The van der Waals surface area contributed by atoms with Gasteiger partial charge in [0.05, 0.1) is 5.69 Å². The minimum absolute atomic E-state index is 0.0845. The summed E-state index contributed by atoms with van der Waals surface area (Å²) in [6.45, 7) is 6.38. The lowest BCUT2D eigenvalue weighted by Gasteiger charge is -2.34. The fraction of sp³-hybridized carbons (Fsp3) is 0.500. The summed E-state index contributed by atoms with van der Waals surface area (Å²) in [5, 5.41) is 8.32. The van der Waals surface area contributed by atoms with Crippen LogP contribution >= 0.6 is 0 Å². The summed E-state index contributed by atoms with van der Waals surface area (Å²) in [5.41, 5.74) is 0.889. The van der Waals surface area contributed by atoms with Crippen molar-refractivity contribution in [2.24, 2.45) is 7.05 Å². The van der Waals surface area contributed by atoms with E-state index in [1.54, 1.807) is 19.2 Å². The number of hydrogen-bond donors (Lipinski definition) is 0. The summed E-state index contributed by atoms with van der Waals surface area (Å²) in [5.74, 6) is 1.70. The first-order valence-electron chi connectivity index (χ1n) is 7.06. The van der Waals surface area contributed by atoms with Crippen LogP contribution in [0.5, 0.6) is 0 Å². The summed E-state index contributed by atoms with van der Waals surface area (Å²) < 4.78 is 6.47. The first kappa shape index (κ1) is 13.8. The Morgan fingerprint density at radius 3 is 2.62 bits per heavy atom. The molecule has 2 aromatic rings. The van der Waals surface area contributed by atoms with E-state index in [4.69, 9.17) is 4.52 Å². The van der Waals surface area contributed by atoms with Crippen LogP contribution in [0.2, 0.25) is 0 Å². The number of anilines is 1. The maximum Gasteiger partial charge on any atom is 0.266 e. The van der Waals surface area contributed by atoms with E-state index < -0.39 is 0 Å². The SMILES string of the molecule is Cc1cc(CN2CCN(c3ccc(=O)n(C)n3)CC2)no1. The van der Waals surface area contributed by atoms with Gasteiger partial charge in [-0.05, 0) is 13.0 Å². The van der Waals surface area contributed by atoms with E-state index in [1.807, 2.05) is 13.0 Å². The summed E-state index contributed by atoms with van der Waals surface area (Å²) in [6.07, 6.45) is 0. The van der Waals surface area contributed by atoms with Gasteiger partial charge < -0.3 is 9.42 Å². The number of aryl methyl sites for hydroxylation is 2. The topological polar surface area (TPSA) is 67.4 Å². The number of rotatable bonds is 3. The van der Waals surface area contributed by atoms with Crippen LogP contribution in [0.15, 0.2) is 27.5 Å². The molecule has 3 rings (SSSR count). The van der Waals surface area contributed by atoms with Gasteiger partial charge in [0.25, 0.3) is 5.56 Å². The molecule has 1 aliphatic heterocycles. The second-order valence-corrected chi connectivity index (χ2v) is 5.35. The Bertz CT molecular complexity index is 670. The Morgan fingerprint density at radius 2 is 2.00 bits per heavy atom. The minimum atomic E-state index is -0.0845. The zero-order valence-corrected chi connectivity index (χ0v) is 12.3. The summed E-state index contributed by atoms with van der Waals surface area (Å²) >= 11 is 0. The number of aromatic nitrogens is 3. The molecule has 21 heavy (non-hydrogen) atoms. The van der Waals surface area contributed by atoms with Crippen LogP contribution in [-0.2, 0) is 13.6 Å². The van der Waals surface area contributed by atoms with Crippen molar-refractivity contribution in [1.82, 2.24) is 19.8 Å². The monoisotopic (exact) mass is 289 g/mol. The zero-order valence-electron chi connectivity index (χ0n) is 12.3. The molecular weight excluding hydrogens is 270 g/mol. The average molecular weight is 289 g/mol. The Morgan fingerprint density at radius 1 is 1.24 bits per heavy atom. The maximum absolute atomic E-state index is 11.4. The highest BCUT2D eigenvalue weighted by Gasteiger charge is 2.19. The van der Waals surface area contributed by atoms with Crippen LogP contribution < -0.4 is 10.5 Å². The van der Waals surface area contributed by atoms with Gasteiger partial charge in [0, 0.05) is 51.9 Å². The van der Waals surface area contributed by atoms with E-state index >= 15 is 0 Å². The van der Waals surface area contributed by atoms with Crippen molar-refractivity contribution in [3.63, 3.8) is 0 Å². The highest BCUT2D eigenvalue weighted by molar-refractivity contribution is 5.37. The first-order valence-corrected chi connectivity index (χ1v) is 7.06. The van der Waals surface area contributed by atoms with E-state index in [2.05, 4.69) is 20.1 Å². The van der Waals surface area contributed by atoms with Crippen LogP contribution in [0.25, 0.3) is 0 Å². The Labute approximate surface area is 122 Å². The fourth-order valence-corrected chi connectivity index (χ4v) is 2.52. The van der Waals surface area contributed by atoms with Crippen molar-refractivity contribution in [1.29, 1.82) is 0 Å². The highest BCUT2D eigenvalue weighted by Crippen LogP contribution is 2.13. The van der Waals surface area contributed by atoms with Gasteiger partial charge >= 0.3 is 0 Å². The molecule has 0 radical (unpaired) electrons. The van der Waals surface area contributed by atoms with Crippen LogP contribution in [0.4, 0.5) is 5.82 Å². The molecule has 0 bridgehead atoms. The van der Waals surface area contributed by atoms with Crippen molar-refractivity contribution in [3.8, 4) is 0 Å². The van der Waals surface area contributed by atoms with Crippen molar-refractivity contribution < 1.29 is 4.52 Å². The molecule has 0 amide bonds. The molecular formula is C14H19N5O2. The van der Waals surface area contributed by atoms with Gasteiger partial charge in [0.1, 0.15) is 11.6 Å². The molecule has 0 N–H and O–H groups in total. The predicted molar refractivity (Wildman–Crippen MR) is 78.2 cm³/mol. The standard InChI is InChI=1S/C14H19N5O2/c1-11-9-12(16-21-11)10-18-5-7-19(8-6-18)13-3-4-14(20)17(2)15-13/h3-4,9H,5-8,10H2,1-2H3. The van der Waals surface area contributed by atoms with Crippen LogP contribution in [0.3, 0.4) is 0 Å².